The van der Waals surface area contributed by atoms with Crippen molar-refractivity contribution in [1.82, 2.24) is 0 Å². The number of esters is 1. The molecular weight excluding hydrogens is 310 g/mol. The number of methoxy groups -OCH3 is 3. The third-order valence-electron chi connectivity index (χ3n) is 3.40. The van der Waals surface area contributed by atoms with E-state index in [1.54, 1.807) is 56.7 Å². The van der Waals surface area contributed by atoms with Gasteiger partial charge >= 0.3 is 5.97 Å². The highest BCUT2D eigenvalue weighted by atomic mass is 16.5. The molecule has 6 nitrogen and oxygen atoms in total. The van der Waals surface area contributed by atoms with Crippen LogP contribution in [0.2, 0.25) is 0 Å². The minimum atomic E-state index is -0.418. The second-order valence-electron chi connectivity index (χ2n) is 4.98. The van der Waals surface area contributed by atoms with Crippen LogP contribution in [-0.2, 0) is 16.0 Å². The van der Waals surface area contributed by atoms with E-state index in [1.165, 1.54) is 7.11 Å². The standard InChI is InChI=1S/C18H19NO5/c1-22-15-9-4-12(10-16(15)23-2)11-17(20)19-14-7-5-13(6-8-14)18(21)24-3/h4-10H,11H2,1-3H3,(H,19,20). The van der Waals surface area contributed by atoms with E-state index in [4.69, 9.17) is 9.47 Å². The maximum Gasteiger partial charge on any atom is 0.337 e. The Bertz CT molecular complexity index is 725. The molecule has 6 heteroatoms. The minimum absolute atomic E-state index is 0.173. The molecule has 1 amide bonds. The van der Waals surface area contributed by atoms with E-state index in [0.717, 1.165) is 5.56 Å². The van der Waals surface area contributed by atoms with E-state index in [1.807, 2.05) is 0 Å². The fourth-order valence-corrected chi connectivity index (χ4v) is 2.19. The number of anilines is 1. The topological polar surface area (TPSA) is 73.9 Å². The summed E-state index contributed by atoms with van der Waals surface area (Å²) in [6.45, 7) is 0. The SMILES string of the molecule is COC(=O)c1ccc(NC(=O)Cc2ccc(OC)c(OC)c2)cc1. The van der Waals surface area contributed by atoms with Crippen LogP contribution in [0.1, 0.15) is 15.9 Å². The van der Waals surface area contributed by atoms with Crippen molar-refractivity contribution in [2.75, 3.05) is 26.6 Å². The Kier molecular flexibility index (Phi) is 5.78. The smallest absolute Gasteiger partial charge is 0.337 e. The van der Waals surface area contributed by atoms with Gasteiger partial charge in [-0.25, -0.2) is 4.79 Å². The summed E-state index contributed by atoms with van der Waals surface area (Å²) in [6, 6.07) is 11.8. The van der Waals surface area contributed by atoms with Crippen LogP contribution in [0.3, 0.4) is 0 Å². The quantitative estimate of drug-likeness (QED) is 0.825. The lowest BCUT2D eigenvalue weighted by Gasteiger charge is -2.10. The number of hydrogen-bond donors (Lipinski definition) is 1. The van der Waals surface area contributed by atoms with Gasteiger partial charge in [0.2, 0.25) is 5.91 Å². The largest absolute Gasteiger partial charge is 0.493 e. The van der Waals surface area contributed by atoms with E-state index in [-0.39, 0.29) is 12.3 Å². The van der Waals surface area contributed by atoms with Gasteiger partial charge in [-0.3, -0.25) is 4.79 Å². The third-order valence-corrected chi connectivity index (χ3v) is 3.40. The average Bonchev–Trinajstić information content (AvgIpc) is 2.61. The van der Waals surface area contributed by atoms with Crippen LogP contribution in [0.5, 0.6) is 11.5 Å². The highest BCUT2D eigenvalue weighted by Crippen LogP contribution is 2.27. The first-order chi connectivity index (χ1) is 11.6. The van der Waals surface area contributed by atoms with Crippen LogP contribution in [0, 0.1) is 0 Å². The number of hydrogen-bond acceptors (Lipinski definition) is 5. The van der Waals surface area contributed by atoms with E-state index < -0.39 is 5.97 Å². The number of nitrogens with one attached hydrogen (secondary N) is 1. The van der Waals surface area contributed by atoms with Crippen LogP contribution >= 0.6 is 0 Å². The normalized spacial score (nSPS) is 9.96. The van der Waals surface area contributed by atoms with Gasteiger partial charge in [0.05, 0.1) is 33.3 Å². The molecule has 2 aromatic carbocycles. The highest BCUT2D eigenvalue weighted by Gasteiger charge is 2.09. The van der Waals surface area contributed by atoms with Gasteiger partial charge in [-0.15, -0.1) is 0 Å². The Morgan fingerprint density at radius 1 is 0.917 bits per heavy atom. The van der Waals surface area contributed by atoms with Crippen LogP contribution in [0.4, 0.5) is 5.69 Å². The molecule has 126 valence electrons. The summed E-state index contributed by atoms with van der Waals surface area (Å²) in [4.78, 5) is 23.5. The summed E-state index contributed by atoms with van der Waals surface area (Å²) in [5.74, 6) is 0.594. The second kappa shape index (κ2) is 8.01. The maximum absolute atomic E-state index is 12.1. The van der Waals surface area contributed by atoms with Gasteiger partial charge in [0.15, 0.2) is 11.5 Å². The second-order valence-corrected chi connectivity index (χ2v) is 4.98. The first-order valence-electron chi connectivity index (χ1n) is 7.26. The molecule has 0 aliphatic carbocycles. The molecule has 0 atom stereocenters. The lowest BCUT2D eigenvalue weighted by atomic mass is 10.1. The van der Waals surface area contributed by atoms with Crippen LogP contribution in [0.15, 0.2) is 42.5 Å². The van der Waals surface area contributed by atoms with Gasteiger partial charge in [-0.1, -0.05) is 6.07 Å². The van der Waals surface area contributed by atoms with Crippen LogP contribution in [-0.4, -0.2) is 33.2 Å². The number of amides is 1. The van der Waals surface area contributed by atoms with Crippen molar-refractivity contribution in [1.29, 1.82) is 0 Å². The van der Waals surface area contributed by atoms with Gasteiger partial charge in [0.1, 0.15) is 0 Å². The van der Waals surface area contributed by atoms with Crippen molar-refractivity contribution in [3.05, 3.63) is 53.6 Å². The Labute approximate surface area is 140 Å². The number of carbonyl (C=O) groups excluding carboxylic acids is 2. The number of carbonyl (C=O) groups is 2. The first kappa shape index (κ1) is 17.3. The first-order valence-corrected chi connectivity index (χ1v) is 7.26. The molecule has 0 saturated carbocycles. The lowest BCUT2D eigenvalue weighted by Crippen LogP contribution is -2.14. The molecule has 0 aromatic heterocycles. The third kappa shape index (κ3) is 4.25. The molecule has 0 unspecified atom stereocenters. The zero-order valence-electron chi connectivity index (χ0n) is 13.8. The van der Waals surface area contributed by atoms with Crippen LogP contribution in [0.25, 0.3) is 0 Å². The van der Waals surface area contributed by atoms with Crippen molar-refractivity contribution in [3.8, 4) is 11.5 Å². The van der Waals surface area contributed by atoms with Crippen molar-refractivity contribution < 1.29 is 23.8 Å². The number of rotatable bonds is 6. The Morgan fingerprint density at radius 2 is 1.58 bits per heavy atom. The van der Waals surface area contributed by atoms with Gasteiger partial charge < -0.3 is 19.5 Å². The van der Waals surface area contributed by atoms with Crippen molar-refractivity contribution >= 4 is 17.6 Å². The molecule has 0 bridgehead atoms. The molecule has 1 N–H and O–H groups in total. The molecule has 24 heavy (non-hydrogen) atoms. The summed E-state index contributed by atoms with van der Waals surface area (Å²) in [7, 11) is 4.42. The molecule has 2 aromatic rings. The van der Waals surface area contributed by atoms with Gasteiger partial charge in [0.25, 0.3) is 0 Å². The molecule has 0 aliphatic rings. The van der Waals surface area contributed by atoms with E-state index >= 15 is 0 Å². The monoisotopic (exact) mass is 329 g/mol. The summed E-state index contributed by atoms with van der Waals surface area (Å²) >= 11 is 0. The molecule has 0 saturated heterocycles. The fraction of sp³-hybridized carbons (Fsp3) is 0.222. The Morgan fingerprint density at radius 3 is 2.17 bits per heavy atom. The molecule has 0 aliphatic heterocycles. The summed E-state index contributed by atoms with van der Waals surface area (Å²) in [6.07, 6.45) is 0.194. The molecule has 0 spiro atoms. The molecule has 2 rings (SSSR count). The van der Waals surface area contributed by atoms with Gasteiger partial charge in [-0.05, 0) is 42.0 Å². The van der Waals surface area contributed by atoms with E-state index in [9.17, 15) is 9.59 Å². The molecule has 0 heterocycles. The predicted molar refractivity (Wildman–Crippen MR) is 89.7 cm³/mol. The summed E-state index contributed by atoms with van der Waals surface area (Å²) in [5.41, 5.74) is 1.83. The predicted octanol–water partition coefficient (Wildman–Crippen LogP) is 2.67. The summed E-state index contributed by atoms with van der Waals surface area (Å²) in [5, 5.41) is 2.78. The average molecular weight is 329 g/mol. The minimum Gasteiger partial charge on any atom is -0.493 e. The summed E-state index contributed by atoms with van der Waals surface area (Å²) < 4.78 is 15.0. The number of benzene rings is 2. The van der Waals surface area contributed by atoms with Crippen molar-refractivity contribution in [2.24, 2.45) is 0 Å². The Balaban J connectivity index is 2.01. The van der Waals surface area contributed by atoms with E-state index in [0.29, 0.717) is 22.7 Å². The van der Waals surface area contributed by atoms with Crippen LogP contribution < -0.4 is 14.8 Å². The maximum atomic E-state index is 12.1. The van der Waals surface area contributed by atoms with Crippen molar-refractivity contribution in [2.45, 2.75) is 6.42 Å². The zero-order valence-corrected chi connectivity index (χ0v) is 13.8. The number of ether oxygens (including phenoxy) is 3. The highest BCUT2D eigenvalue weighted by molar-refractivity contribution is 5.94. The lowest BCUT2D eigenvalue weighted by molar-refractivity contribution is -0.115. The zero-order chi connectivity index (χ0) is 17.5. The Hall–Kier alpha value is -3.02. The molecular formula is C18H19NO5. The fourth-order valence-electron chi connectivity index (χ4n) is 2.19. The molecule has 0 radical (unpaired) electrons. The van der Waals surface area contributed by atoms with Gasteiger partial charge in [0, 0.05) is 5.69 Å². The van der Waals surface area contributed by atoms with Crippen molar-refractivity contribution in [3.63, 3.8) is 0 Å². The van der Waals surface area contributed by atoms with Gasteiger partial charge in [-0.2, -0.15) is 0 Å². The molecule has 0 fully saturated rings. The van der Waals surface area contributed by atoms with E-state index in [2.05, 4.69) is 10.1 Å².